The molecule has 204 valence electrons. The van der Waals surface area contributed by atoms with E-state index in [0.29, 0.717) is 30.4 Å². The Labute approximate surface area is 223 Å². The van der Waals surface area contributed by atoms with Crippen LogP contribution in [-0.4, -0.2) is 12.6 Å². The standard InChI is InChI=1S/C31H36F3NO3/c1-2-3-4-20-5-9-22(10-6-20)23-11-7-21(8-12-23)19-37-24-13-14-26(28(32)15-24)31(36)38-25-16-29(33)27(18-35)30(34)17-25/h13-17,20-23H,2-12,19H2,1H3. The van der Waals surface area contributed by atoms with Gasteiger partial charge < -0.3 is 9.47 Å². The van der Waals surface area contributed by atoms with Crippen molar-refractivity contribution < 1.29 is 27.4 Å². The summed E-state index contributed by atoms with van der Waals surface area (Å²) in [5.74, 6) is -1.35. The summed E-state index contributed by atoms with van der Waals surface area (Å²) in [6.45, 7) is 2.77. The van der Waals surface area contributed by atoms with E-state index in [1.54, 1.807) is 0 Å². The molecule has 0 amide bonds. The molecule has 2 aromatic carbocycles. The predicted molar refractivity (Wildman–Crippen MR) is 138 cm³/mol. The van der Waals surface area contributed by atoms with Gasteiger partial charge in [0.1, 0.15) is 40.6 Å². The molecule has 2 aliphatic rings. The van der Waals surface area contributed by atoms with Crippen LogP contribution < -0.4 is 9.47 Å². The summed E-state index contributed by atoms with van der Waals surface area (Å²) in [5, 5.41) is 8.74. The number of halogens is 3. The van der Waals surface area contributed by atoms with E-state index in [0.717, 1.165) is 36.7 Å². The zero-order chi connectivity index (χ0) is 27.1. The maximum absolute atomic E-state index is 14.6. The zero-order valence-corrected chi connectivity index (χ0v) is 22.0. The molecule has 7 heteroatoms. The lowest BCUT2D eigenvalue weighted by Gasteiger charge is -2.37. The van der Waals surface area contributed by atoms with E-state index in [-0.39, 0.29) is 5.56 Å². The smallest absolute Gasteiger partial charge is 0.346 e. The molecule has 38 heavy (non-hydrogen) atoms. The SMILES string of the molecule is CCCCC1CCC(C2CCC(COc3ccc(C(=O)Oc4cc(F)c(C#N)c(F)c4)c(F)c3)CC2)CC1. The van der Waals surface area contributed by atoms with E-state index < -0.39 is 34.7 Å². The Kier molecular flexibility index (Phi) is 9.71. The number of rotatable bonds is 9. The first-order valence-electron chi connectivity index (χ1n) is 13.9. The molecule has 4 rings (SSSR count). The van der Waals surface area contributed by atoms with E-state index in [4.69, 9.17) is 14.7 Å². The third kappa shape index (κ3) is 7.09. The molecule has 2 aliphatic carbocycles. The lowest BCUT2D eigenvalue weighted by Crippen LogP contribution is -2.27. The fraction of sp³-hybridized carbons (Fsp3) is 0.548. The second kappa shape index (κ2) is 13.2. The van der Waals surface area contributed by atoms with Gasteiger partial charge in [-0.05, 0) is 74.3 Å². The number of carbonyl (C=O) groups excluding carboxylic acids is 1. The first-order valence-corrected chi connectivity index (χ1v) is 13.9. The third-order valence-electron chi connectivity index (χ3n) is 8.40. The Morgan fingerprint density at radius 2 is 1.45 bits per heavy atom. The second-order valence-corrected chi connectivity index (χ2v) is 10.9. The summed E-state index contributed by atoms with van der Waals surface area (Å²) in [6.07, 6.45) is 14.3. The molecule has 0 saturated heterocycles. The predicted octanol–water partition coefficient (Wildman–Crippen LogP) is 8.38. The Balaban J connectivity index is 1.23. The number of nitrogens with zero attached hydrogens (tertiary/aromatic N) is 1. The lowest BCUT2D eigenvalue weighted by atomic mass is 9.69. The lowest BCUT2D eigenvalue weighted by molar-refractivity contribution is 0.0729. The van der Waals surface area contributed by atoms with Crippen molar-refractivity contribution in [3.05, 3.63) is 58.9 Å². The maximum Gasteiger partial charge on any atom is 0.346 e. The van der Waals surface area contributed by atoms with Crippen LogP contribution in [0.25, 0.3) is 0 Å². The number of hydrogen-bond acceptors (Lipinski definition) is 4. The Morgan fingerprint density at radius 3 is 2.00 bits per heavy atom. The number of carbonyl (C=O) groups is 1. The highest BCUT2D eigenvalue weighted by molar-refractivity contribution is 5.91. The van der Waals surface area contributed by atoms with E-state index >= 15 is 0 Å². The summed E-state index contributed by atoms with van der Waals surface area (Å²) in [5.41, 5.74) is -1.16. The van der Waals surface area contributed by atoms with Gasteiger partial charge in [-0.2, -0.15) is 5.26 Å². The third-order valence-corrected chi connectivity index (χ3v) is 8.40. The van der Waals surface area contributed by atoms with Crippen molar-refractivity contribution in [3.8, 4) is 17.6 Å². The van der Waals surface area contributed by atoms with Crippen LogP contribution in [0, 0.1) is 52.5 Å². The van der Waals surface area contributed by atoms with Crippen molar-refractivity contribution in [3.63, 3.8) is 0 Å². The first kappa shape index (κ1) is 28.0. The zero-order valence-electron chi connectivity index (χ0n) is 22.0. The van der Waals surface area contributed by atoms with Crippen LogP contribution in [0.1, 0.15) is 93.5 Å². The molecule has 2 fully saturated rings. The molecule has 0 radical (unpaired) electrons. The largest absolute Gasteiger partial charge is 0.493 e. The molecule has 0 heterocycles. The quantitative estimate of drug-likeness (QED) is 0.243. The van der Waals surface area contributed by atoms with Crippen molar-refractivity contribution in [2.75, 3.05) is 6.61 Å². The highest BCUT2D eigenvalue weighted by atomic mass is 19.1. The van der Waals surface area contributed by atoms with Gasteiger partial charge in [0.15, 0.2) is 0 Å². The monoisotopic (exact) mass is 527 g/mol. The number of benzene rings is 2. The highest BCUT2D eigenvalue weighted by Gasteiger charge is 2.31. The minimum Gasteiger partial charge on any atom is -0.493 e. The van der Waals surface area contributed by atoms with Gasteiger partial charge >= 0.3 is 5.97 Å². The highest BCUT2D eigenvalue weighted by Crippen LogP contribution is 2.42. The molecule has 2 saturated carbocycles. The molecule has 4 nitrogen and oxygen atoms in total. The minimum atomic E-state index is -1.16. The molecule has 0 aliphatic heterocycles. The Morgan fingerprint density at radius 1 is 0.868 bits per heavy atom. The topological polar surface area (TPSA) is 59.3 Å². The van der Waals surface area contributed by atoms with Gasteiger partial charge in [-0.15, -0.1) is 0 Å². The molecule has 0 unspecified atom stereocenters. The average molecular weight is 528 g/mol. The molecule has 2 aromatic rings. The normalized spacial score (nSPS) is 23.4. The number of esters is 1. The summed E-state index contributed by atoms with van der Waals surface area (Å²) in [6, 6.07) is 6.65. The fourth-order valence-electron chi connectivity index (χ4n) is 6.11. The van der Waals surface area contributed by atoms with Crippen LogP contribution in [0.15, 0.2) is 30.3 Å². The van der Waals surface area contributed by atoms with E-state index in [2.05, 4.69) is 6.92 Å². The fourth-order valence-corrected chi connectivity index (χ4v) is 6.11. The summed E-state index contributed by atoms with van der Waals surface area (Å²) >= 11 is 0. The average Bonchev–Trinajstić information content (AvgIpc) is 2.91. The minimum absolute atomic E-state index is 0.321. The summed E-state index contributed by atoms with van der Waals surface area (Å²) in [4.78, 5) is 12.3. The number of unbranched alkanes of at least 4 members (excludes halogenated alkanes) is 1. The van der Waals surface area contributed by atoms with Crippen LogP contribution in [0.2, 0.25) is 0 Å². The van der Waals surface area contributed by atoms with Crippen molar-refractivity contribution in [2.45, 2.75) is 77.6 Å². The molecule has 0 atom stereocenters. The van der Waals surface area contributed by atoms with Crippen molar-refractivity contribution in [2.24, 2.45) is 23.7 Å². The molecule has 0 bridgehead atoms. The molecular weight excluding hydrogens is 491 g/mol. The van der Waals surface area contributed by atoms with Gasteiger partial charge in [0.05, 0.1) is 12.2 Å². The van der Waals surface area contributed by atoms with Gasteiger partial charge in [-0.25, -0.2) is 18.0 Å². The van der Waals surface area contributed by atoms with Gasteiger partial charge in [-0.3, -0.25) is 0 Å². The number of nitriles is 1. The molecule has 0 spiro atoms. The Hall–Kier alpha value is -3.01. The van der Waals surface area contributed by atoms with E-state index in [9.17, 15) is 18.0 Å². The van der Waals surface area contributed by atoms with Crippen LogP contribution in [0.5, 0.6) is 11.5 Å². The molecule has 0 N–H and O–H groups in total. The first-order chi connectivity index (χ1) is 18.4. The van der Waals surface area contributed by atoms with Crippen LogP contribution in [0.4, 0.5) is 13.2 Å². The van der Waals surface area contributed by atoms with Gasteiger partial charge in [0, 0.05) is 18.2 Å². The summed E-state index contributed by atoms with van der Waals surface area (Å²) < 4.78 is 52.9. The van der Waals surface area contributed by atoms with Gasteiger partial charge in [0.25, 0.3) is 0 Å². The molecule has 0 aromatic heterocycles. The number of ether oxygens (including phenoxy) is 2. The van der Waals surface area contributed by atoms with Crippen molar-refractivity contribution >= 4 is 5.97 Å². The van der Waals surface area contributed by atoms with Crippen molar-refractivity contribution in [1.29, 1.82) is 5.26 Å². The second-order valence-electron chi connectivity index (χ2n) is 10.9. The summed E-state index contributed by atoms with van der Waals surface area (Å²) in [7, 11) is 0. The van der Waals surface area contributed by atoms with Crippen LogP contribution >= 0.6 is 0 Å². The van der Waals surface area contributed by atoms with E-state index in [1.807, 2.05) is 0 Å². The van der Waals surface area contributed by atoms with Gasteiger partial charge in [-0.1, -0.05) is 39.0 Å². The van der Waals surface area contributed by atoms with Crippen LogP contribution in [0.3, 0.4) is 0 Å². The van der Waals surface area contributed by atoms with Gasteiger partial charge in [0.2, 0.25) is 0 Å². The van der Waals surface area contributed by atoms with Crippen molar-refractivity contribution in [1.82, 2.24) is 0 Å². The van der Waals surface area contributed by atoms with E-state index in [1.165, 1.54) is 76.0 Å². The van der Waals surface area contributed by atoms with Crippen LogP contribution in [-0.2, 0) is 0 Å². The molecular formula is C31H36F3NO3. The number of hydrogen-bond donors (Lipinski definition) is 0. The maximum atomic E-state index is 14.6. The Bertz CT molecular complexity index is 1120.